The van der Waals surface area contributed by atoms with Gasteiger partial charge in [0.15, 0.2) is 15.5 Å². The first-order valence-electron chi connectivity index (χ1n) is 7.59. The van der Waals surface area contributed by atoms with E-state index in [9.17, 15) is 22.4 Å². The van der Waals surface area contributed by atoms with Crippen molar-refractivity contribution in [3.8, 4) is 0 Å². The minimum atomic E-state index is -3.53. The van der Waals surface area contributed by atoms with Crippen molar-refractivity contribution in [2.24, 2.45) is 0 Å². The number of halogens is 1. The van der Waals surface area contributed by atoms with Gasteiger partial charge in [-0.05, 0) is 30.3 Å². The number of pyridine rings is 1. The van der Waals surface area contributed by atoms with Crippen molar-refractivity contribution < 1.29 is 17.6 Å². The van der Waals surface area contributed by atoms with Crippen molar-refractivity contribution in [2.75, 3.05) is 11.6 Å². The molecule has 2 heterocycles. The van der Waals surface area contributed by atoms with E-state index in [1.165, 1.54) is 4.40 Å². The van der Waals surface area contributed by atoms with Crippen LogP contribution in [0.1, 0.15) is 6.42 Å². The molecule has 1 amide bonds. The van der Waals surface area contributed by atoms with Gasteiger partial charge in [0.25, 0.3) is 0 Å². The van der Waals surface area contributed by atoms with Crippen LogP contribution >= 0.6 is 0 Å². The third-order valence-electron chi connectivity index (χ3n) is 3.68. The SMILES string of the molecule is CS(=O)(=O)c1ccc(F)c(NC(=O)CCn2nc3ccccn3c2=O)c1. The number of fused-ring (bicyclic) bond motifs is 1. The van der Waals surface area contributed by atoms with Crippen LogP contribution in [0.25, 0.3) is 5.65 Å². The number of carbonyl (C=O) groups excluding carboxylic acids is 1. The summed E-state index contributed by atoms with van der Waals surface area (Å²) < 4.78 is 39.3. The van der Waals surface area contributed by atoms with Crippen LogP contribution in [0.2, 0.25) is 0 Å². The number of benzene rings is 1. The first-order chi connectivity index (χ1) is 12.3. The third kappa shape index (κ3) is 3.64. The molecule has 0 saturated carbocycles. The maximum absolute atomic E-state index is 13.8. The van der Waals surface area contributed by atoms with Crippen LogP contribution in [0.15, 0.2) is 52.3 Å². The number of aryl methyl sites for hydroxylation is 1. The fourth-order valence-corrected chi connectivity index (χ4v) is 3.01. The van der Waals surface area contributed by atoms with Gasteiger partial charge in [-0.15, -0.1) is 5.10 Å². The molecule has 0 unspecified atom stereocenters. The van der Waals surface area contributed by atoms with Crippen LogP contribution < -0.4 is 11.0 Å². The predicted octanol–water partition coefficient (Wildman–Crippen LogP) is 1.07. The van der Waals surface area contributed by atoms with Gasteiger partial charge in [0, 0.05) is 18.9 Å². The van der Waals surface area contributed by atoms with E-state index in [-0.39, 0.29) is 23.5 Å². The number of hydrogen-bond acceptors (Lipinski definition) is 5. The molecular formula is C16H15FN4O4S. The summed E-state index contributed by atoms with van der Waals surface area (Å²) in [5.74, 6) is -1.32. The largest absolute Gasteiger partial charge is 0.350 e. The number of sulfone groups is 1. The molecule has 3 aromatic rings. The van der Waals surface area contributed by atoms with Gasteiger partial charge < -0.3 is 5.32 Å². The molecule has 26 heavy (non-hydrogen) atoms. The summed E-state index contributed by atoms with van der Waals surface area (Å²) in [5, 5.41) is 6.41. The number of aromatic nitrogens is 3. The lowest BCUT2D eigenvalue weighted by atomic mass is 10.3. The molecule has 10 heteroatoms. The zero-order valence-corrected chi connectivity index (χ0v) is 14.5. The number of amides is 1. The van der Waals surface area contributed by atoms with E-state index in [0.29, 0.717) is 5.65 Å². The Balaban J connectivity index is 1.73. The van der Waals surface area contributed by atoms with Gasteiger partial charge >= 0.3 is 5.69 Å². The number of carbonyl (C=O) groups is 1. The molecule has 0 aliphatic heterocycles. The minimum absolute atomic E-state index is 0.000265. The molecule has 0 radical (unpaired) electrons. The number of rotatable bonds is 5. The Bertz CT molecular complexity index is 1150. The second kappa shape index (κ2) is 6.71. The highest BCUT2D eigenvalue weighted by Crippen LogP contribution is 2.19. The molecule has 0 aliphatic carbocycles. The Hall–Kier alpha value is -3.01. The fourth-order valence-electron chi connectivity index (χ4n) is 2.36. The monoisotopic (exact) mass is 378 g/mol. The van der Waals surface area contributed by atoms with Gasteiger partial charge in [-0.3, -0.25) is 9.20 Å². The zero-order chi connectivity index (χ0) is 18.9. The molecule has 0 saturated heterocycles. The molecular weight excluding hydrogens is 363 g/mol. The first-order valence-corrected chi connectivity index (χ1v) is 9.48. The van der Waals surface area contributed by atoms with Gasteiger partial charge in [0.2, 0.25) is 5.91 Å². The fraction of sp³-hybridized carbons (Fsp3) is 0.188. The van der Waals surface area contributed by atoms with Crippen LogP contribution in [0.3, 0.4) is 0 Å². The Kier molecular flexibility index (Phi) is 4.60. The van der Waals surface area contributed by atoms with E-state index in [4.69, 9.17) is 0 Å². The van der Waals surface area contributed by atoms with Crippen molar-refractivity contribution in [1.82, 2.24) is 14.2 Å². The summed E-state index contributed by atoms with van der Waals surface area (Å²) in [5.41, 5.74) is -0.177. The second-order valence-electron chi connectivity index (χ2n) is 5.65. The summed E-state index contributed by atoms with van der Waals surface area (Å²) in [7, 11) is -3.53. The van der Waals surface area contributed by atoms with Crippen molar-refractivity contribution in [3.05, 3.63) is 58.9 Å². The number of nitrogens with one attached hydrogen (secondary N) is 1. The Labute approximate surface area is 147 Å². The summed E-state index contributed by atoms with van der Waals surface area (Å²) in [4.78, 5) is 24.1. The van der Waals surface area contributed by atoms with E-state index in [0.717, 1.165) is 29.1 Å². The van der Waals surface area contributed by atoms with Crippen molar-refractivity contribution >= 4 is 27.1 Å². The molecule has 0 aliphatic rings. The van der Waals surface area contributed by atoms with Gasteiger partial charge in [0.1, 0.15) is 5.82 Å². The molecule has 0 fully saturated rings. The van der Waals surface area contributed by atoms with Crippen LogP contribution in [0, 0.1) is 5.82 Å². The molecule has 2 aromatic heterocycles. The van der Waals surface area contributed by atoms with Crippen LogP contribution in [-0.4, -0.2) is 34.8 Å². The summed E-state index contributed by atoms with van der Waals surface area (Å²) in [6, 6.07) is 8.22. The third-order valence-corrected chi connectivity index (χ3v) is 4.79. The lowest BCUT2D eigenvalue weighted by Gasteiger charge is -2.08. The minimum Gasteiger partial charge on any atom is -0.324 e. The smallest absolute Gasteiger partial charge is 0.324 e. The number of anilines is 1. The molecule has 1 aromatic carbocycles. The quantitative estimate of drug-likeness (QED) is 0.669. The van der Waals surface area contributed by atoms with E-state index >= 15 is 0 Å². The van der Waals surface area contributed by atoms with Crippen molar-refractivity contribution in [2.45, 2.75) is 17.9 Å². The lowest BCUT2D eigenvalue weighted by Crippen LogP contribution is -2.24. The highest BCUT2D eigenvalue weighted by Gasteiger charge is 2.14. The maximum Gasteiger partial charge on any atom is 0.350 e. The first kappa shape index (κ1) is 17.8. The van der Waals surface area contributed by atoms with Gasteiger partial charge in [-0.25, -0.2) is 22.3 Å². The zero-order valence-electron chi connectivity index (χ0n) is 13.7. The van der Waals surface area contributed by atoms with Crippen molar-refractivity contribution in [1.29, 1.82) is 0 Å². The Morgan fingerprint density at radius 1 is 1.27 bits per heavy atom. The summed E-state index contributed by atoms with van der Waals surface area (Å²) in [6.07, 6.45) is 2.42. The predicted molar refractivity (Wildman–Crippen MR) is 92.2 cm³/mol. The molecule has 0 atom stereocenters. The van der Waals surface area contributed by atoms with Gasteiger partial charge in [0.05, 0.1) is 17.1 Å². The average molecular weight is 378 g/mol. The molecule has 1 N–H and O–H groups in total. The average Bonchev–Trinajstić information content (AvgIpc) is 2.90. The highest BCUT2D eigenvalue weighted by atomic mass is 32.2. The molecule has 0 bridgehead atoms. The normalized spacial score (nSPS) is 11.6. The van der Waals surface area contributed by atoms with Gasteiger partial charge in [-0.1, -0.05) is 6.07 Å². The highest BCUT2D eigenvalue weighted by molar-refractivity contribution is 7.90. The summed E-state index contributed by atoms with van der Waals surface area (Å²) >= 11 is 0. The summed E-state index contributed by atoms with van der Waals surface area (Å²) in [6.45, 7) is -0.000265. The van der Waals surface area contributed by atoms with Crippen LogP contribution in [0.4, 0.5) is 10.1 Å². The second-order valence-corrected chi connectivity index (χ2v) is 7.66. The lowest BCUT2D eigenvalue weighted by molar-refractivity contribution is -0.116. The number of nitrogens with zero attached hydrogens (tertiary/aromatic N) is 3. The van der Waals surface area contributed by atoms with Crippen LogP contribution in [0.5, 0.6) is 0 Å². The van der Waals surface area contributed by atoms with E-state index in [1.54, 1.807) is 24.4 Å². The van der Waals surface area contributed by atoms with E-state index in [1.807, 2.05) is 0 Å². The Morgan fingerprint density at radius 3 is 2.73 bits per heavy atom. The van der Waals surface area contributed by atoms with E-state index < -0.39 is 27.3 Å². The van der Waals surface area contributed by atoms with Crippen molar-refractivity contribution in [3.63, 3.8) is 0 Å². The maximum atomic E-state index is 13.8. The van der Waals surface area contributed by atoms with E-state index in [2.05, 4.69) is 10.4 Å². The number of hydrogen-bond donors (Lipinski definition) is 1. The van der Waals surface area contributed by atoms with Crippen LogP contribution in [-0.2, 0) is 21.2 Å². The Morgan fingerprint density at radius 2 is 2.04 bits per heavy atom. The topological polar surface area (TPSA) is 103 Å². The standard InChI is InChI=1S/C16H15FN4O4S/c1-26(24,25)11-5-6-12(17)13(10-11)18-15(22)7-9-21-16(23)20-8-3-2-4-14(20)19-21/h2-6,8,10H,7,9H2,1H3,(H,18,22). The molecule has 0 spiro atoms. The van der Waals surface area contributed by atoms with Gasteiger partial charge in [-0.2, -0.15) is 0 Å². The molecule has 8 nitrogen and oxygen atoms in total. The molecule has 136 valence electrons. The molecule has 3 rings (SSSR count).